The average Bonchev–Trinajstić information content (AvgIpc) is 2.44. The summed E-state index contributed by atoms with van der Waals surface area (Å²) in [6.45, 7) is 6.76. The number of fused-ring (bicyclic) bond motifs is 1. The lowest BCUT2D eigenvalue weighted by Crippen LogP contribution is -2.50. The summed E-state index contributed by atoms with van der Waals surface area (Å²) in [7, 11) is 0. The molecule has 0 unspecified atom stereocenters. The summed E-state index contributed by atoms with van der Waals surface area (Å²) in [6.07, 6.45) is 2.89. The highest BCUT2D eigenvalue weighted by Crippen LogP contribution is 2.41. The van der Waals surface area contributed by atoms with Crippen molar-refractivity contribution in [2.75, 3.05) is 24.5 Å². The summed E-state index contributed by atoms with van der Waals surface area (Å²) in [6, 6.07) is 5.32. The topological polar surface area (TPSA) is 58.7 Å². The van der Waals surface area contributed by atoms with E-state index in [-0.39, 0.29) is 11.4 Å². The molecule has 0 saturated carbocycles. The molecule has 3 N–H and O–H groups in total. The summed E-state index contributed by atoms with van der Waals surface area (Å²) in [5, 5.41) is 9.67. The van der Waals surface area contributed by atoms with Crippen LogP contribution in [0.4, 0.5) is 5.69 Å². The van der Waals surface area contributed by atoms with E-state index in [1.165, 1.54) is 0 Å². The molecule has 0 saturated heterocycles. The van der Waals surface area contributed by atoms with Crippen molar-refractivity contribution >= 4 is 5.69 Å². The van der Waals surface area contributed by atoms with Crippen LogP contribution in [-0.2, 0) is 0 Å². The Morgan fingerprint density at radius 1 is 1.37 bits per heavy atom. The molecule has 4 heteroatoms. The van der Waals surface area contributed by atoms with E-state index in [2.05, 4.69) is 18.7 Å². The maximum absolute atomic E-state index is 9.67. The average molecular weight is 264 g/mol. The maximum atomic E-state index is 9.67. The van der Waals surface area contributed by atoms with Gasteiger partial charge >= 0.3 is 0 Å². The van der Waals surface area contributed by atoms with E-state index in [4.69, 9.17) is 10.5 Å². The molecule has 0 bridgehead atoms. The second kappa shape index (κ2) is 5.70. The first-order chi connectivity index (χ1) is 9.14. The molecule has 0 amide bonds. The van der Waals surface area contributed by atoms with Crippen molar-refractivity contribution in [1.82, 2.24) is 0 Å². The van der Waals surface area contributed by atoms with Gasteiger partial charge in [-0.15, -0.1) is 0 Å². The number of nitrogens with two attached hydrogens (primary N) is 1. The Labute approximate surface area is 115 Å². The fourth-order valence-electron chi connectivity index (χ4n) is 2.64. The Morgan fingerprint density at radius 3 is 2.74 bits per heavy atom. The van der Waals surface area contributed by atoms with E-state index >= 15 is 0 Å². The van der Waals surface area contributed by atoms with Gasteiger partial charge in [-0.1, -0.05) is 13.8 Å². The van der Waals surface area contributed by atoms with Gasteiger partial charge in [-0.25, -0.2) is 0 Å². The molecule has 0 aliphatic carbocycles. The van der Waals surface area contributed by atoms with Crippen molar-refractivity contribution < 1.29 is 9.84 Å². The molecular formula is C15H24N2O2. The first kappa shape index (κ1) is 14.0. The van der Waals surface area contributed by atoms with Gasteiger partial charge in [-0.3, -0.25) is 0 Å². The molecule has 0 radical (unpaired) electrons. The Kier molecular flexibility index (Phi) is 4.20. The highest BCUT2D eigenvalue weighted by Gasteiger charge is 2.36. The molecule has 0 atom stereocenters. The number of rotatable bonds is 5. The van der Waals surface area contributed by atoms with Crippen LogP contribution in [0.2, 0.25) is 0 Å². The molecule has 2 rings (SSSR count). The minimum atomic E-state index is -0.126. The van der Waals surface area contributed by atoms with Crippen LogP contribution >= 0.6 is 0 Å². The molecule has 1 aliphatic heterocycles. The first-order valence-corrected chi connectivity index (χ1v) is 7.11. The third-order valence-electron chi connectivity index (χ3n) is 4.01. The number of phenolic OH excluding ortho intramolecular Hbond substituents is 1. The lowest BCUT2D eigenvalue weighted by molar-refractivity contribution is 0.0573. The standard InChI is InChI=1S/C15H24N2O2/c1-3-15(4-2)11-17(9-5-8-16)13-10-12(18)6-7-14(13)19-15/h6-7,10,18H,3-5,8-9,11,16H2,1-2H3. The molecule has 106 valence electrons. The Morgan fingerprint density at radius 2 is 2.11 bits per heavy atom. The molecule has 0 spiro atoms. The molecule has 1 heterocycles. The predicted octanol–water partition coefficient (Wildman–Crippen LogP) is 2.50. The quantitative estimate of drug-likeness (QED) is 0.858. The lowest BCUT2D eigenvalue weighted by Gasteiger charge is -2.44. The number of phenols is 1. The normalized spacial score (nSPS) is 16.9. The van der Waals surface area contributed by atoms with Crippen molar-refractivity contribution in [3.05, 3.63) is 18.2 Å². The number of nitrogens with zero attached hydrogens (tertiary/aromatic N) is 1. The zero-order valence-corrected chi connectivity index (χ0v) is 11.9. The third kappa shape index (κ3) is 2.78. The van der Waals surface area contributed by atoms with Crippen LogP contribution in [0.1, 0.15) is 33.1 Å². The van der Waals surface area contributed by atoms with Crippen LogP contribution in [0.25, 0.3) is 0 Å². The van der Waals surface area contributed by atoms with Crippen LogP contribution in [0.3, 0.4) is 0 Å². The predicted molar refractivity (Wildman–Crippen MR) is 77.9 cm³/mol. The van der Waals surface area contributed by atoms with Crippen LogP contribution in [-0.4, -0.2) is 30.3 Å². The second-order valence-corrected chi connectivity index (χ2v) is 5.21. The van der Waals surface area contributed by atoms with E-state index in [0.717, 1.165) is 43.8 Å². The van der Waals surface area contributed by atoms with Gasteiger partial charge < -0.3 is 20.5 Å². The number of anilines is 1. The van der Waals surface area contributed by atoms with E-state index in [0.29, 0.717) is 6.54 Å². The lowest BCUT2D eigenvalue weighted by atomic mass is 9.93. The largest absolute Gasteiger partial charge is 0.508 e. The molecule has 1 aliphatic rings. The molecule has 1 aromatic rings. The summed E-state index contributed by atoms with van der Waals surface area (Å²) in [5.74, 6) is 1.14. The smallest absolute Gasteiger partial charge is 0.143 e. The molecule has 0 aromatic heterocycles. The SMILES string of the molecule is CCC1(CC)CN(CCCN)c2cc(O)ccc2O1. The van der Waals surface area contributed by atoms with Crippen LogP contribution in [0, 0.1) is 0 Å². The Bertz CT molecular complexity index is 430. The van der Waals surface area contributed by atoms with Crippen molar-refractivity contribution in [1.29, 1.82) is 0 Å². The van der Waals surface area contributed by atoms with Crippen molar-refractivity contribution in [3.63, 3.8) is 0 Å². The number of hydrogen-bond acceptors (Lipinski definition) is 4. The number of hydrogen-bond donors (Lipinski definition) is 2. The highest BCUT2D eigenvalue weighted by molar-refractivity contribution is 5.63. The Hall–Kier alpha value is -1.42. The second-order valence-electron chi connectivity index (χ2n) is 5.21. The van der Waals surface area contributed by atoms with Gasteiger partial charge in [0.2, 0.25) is 0 Å². The summed E-state index contributed by atoms with van der Waals surface area (Å²) >= 11 is 0. The van der Waals surface area contributed by atoms with E-state index in [9.17, 15) is 5.11 Å². The maximum Gasteiger partial charge on any atom is 0.143 e. The fraction of sp³-hybridized carbons (Fsp3) is 0.600. The third-order valence-corrected chi connectivity index (χ3v) is 4.01. The fourth-order valence-corrected chi connectivity index (χ4v) is 2.64. The number of benzene rings is 1. The number of ether oxygens (including phenoxy) is 1. The zero-order chi connectivity index (χ0) is 13.9. The van der Waals surface area contributed by atoms with Crippen molar-refractivity contribution in [3.8, 4) is 11.5 Å². The molecule has 4 nitrogen and oxygen atoms in total. The molecule has 0 fully saturated rings. The summed E-state index contributed by atoms with van der Waals surface area (Å²) in [4.78, 5) is 2.29. The van der Waals surface area contributed by atoms with Crippen LogP contribution in [0.15, 0.2) is 18.2 Å². The summed E-state index contributed by atoms with van der Waals surface area (Å²) < 4.78 is 6.20. The monoisotopic (exact) mass is 264 g/mol. The van der Waals surface area contributed by atoms with Gasteiger partial charge in [-0.2, -0.15) is 0 Å². The highest BCUT2D eigenvalue weighted by atomic mass is 16.5. The van der Waals surface area contributed by atoms with Crippen LogP contribution in [0.5, 0.6) is 11.5 Å². The number of aromatic hydroxyl groups is 1. The van der Waals surface area contributed by atoms with E-state index < -0.39 is 0 Å². The summed E-state index contributed by atoms with van der Waals surface area (Å²) in [5.41, 5.74) is 6.47. The zero-order valence-electron chi connectivity index (χ0n) is 11.9. The van der Waals surface area contributed by atoms with Gasteiger partial charge in [-0.05, 0) is 37.9 Å². The van der Waals surface area contributed by atoms with Gasteiger partial charge in [0.15, 0.2) is 0 Å². The van der Waals surface area contributed by atoms with Crippen molar-refractivity contribution in [2.45, 2.75) is 38.7 Å². The van der Waals surface area contributed by atoms with E-state index in [1.807, 2.05) is 6.07 Å². The molecule has 1 aromatic carbocycles. The van der Waals surface area contributed by atoms with Gasteiger partial charge in [0.25, 0.3) is 0 Å². The molecular weight excluding hydrogens is 240 g/mol. The Balaban J connectivity index is 2.34. The van der Waals surface area contributed by atoms with Crippen LogP contribution < -0.4 is 15.4 Å². The van der Waals surface area contributed by atoms with Gasteiger partial charge in [0.05, 0.1) is 12.2 Å². The molecule has 19 heavy (non-hydrogen) atoms. The first-order valence-electron chi connectivity index (χ1n) is 7.11. The van der Waals surface area contributed by atoms with Gasteiger partial charge in [0, 0.05) is 12.6 Å². The van der Waals surface area contributed by atoms with Crippen molar-refractivity contribution in [2.24, 2.45) is 5.73 Å². The van der Waals surface area contributed by atoms with Gasteiger partial charge in [0.1, 0.15) is 17.1 Å². The van der Waals surface area contributed by atoms with E-state index in [1.54, 1.807) is 12.1 Å². The minimum absolute atomic E-state index is 0.126. The minimum Gasteiger partial charge on any atom is -0.508 e.